The molecule has 3 rings (SSSR count). The van der Waals surface area contributed by atoms with Crippen molar-refractivity contribution in [2.24, 2.45) is 15.5 Å². The van der Waals surface area contributed by atoms with Gasteiger partial charge >= 0.3 is 6.18 Å². The summed E-state index contributed by atoms with van der Waals surface area (Å²) < 4.78 is 41.5. The summed E-state index contributed by atoms with van der Waals surface area (Å²) in [5.74, 6) is 0.189. The summed E-state index contributed by atoms with van der Waals surface area (Å²) in [6.45, 7) is 2.54. The fourth-order valence-electron chi connectivity index (χ4n) is 3.20. The van der Waals surface area contributed by atoms with E-state index < -0.39 is 23.5 Å². The third-order valence-corrected chi connectivity index (χ3v) is 4.76. The zero-order valence-electron chi connectivity index (χ0n) is 15.3. The van der Waals surface area contributed by atoms with E-state index in [4.69, 9.17) is 22.0 Å². The number of alkyl halides is 3. The van der Waals surface area contributed by atoms with Crippen molar-refractivity contribution in [3.8, 4) is 0 Å². The predicted octanol–water partition coefficient (Wildman–Crippen LogP) is 3.14. The molecule has 0 aliphatic carbocycles. The minimum absolute atomic E-state index is 0.0335. The number of anilines is 1. The summed E-state index contributed by atoms with van der Waals surface area (Å²) in [5.41, 5.74) is 19.4. The van der Waals surface area contributed by atoms with Gasteiger partial charge in [0.05, 0.1) is 16.6 Å². The topological polar surface area (TPSA) is 157 Å². The molecular weight excluding hydrogens is 391 g/mol. The van der Waals surface area contributed by atoms with Crippen molar-refractivity contribution < 1.29 is 13.2 Å². The molecule has 0 atom stereocenters. The first-order valence-electron chi connectivity index (χ1n) is 8.48. The van der Waals surface area contributed by atoms with E-state index in [1.807, 2.05) is 11.9 Å². The van der Waals surface area contributed by atoms with Crippen LogP contribution in [-0.2, 0) is 6.18 Å². The Kier molecular flexibility index (Phi) is 5.37. The minimum atomic E-state index is -4.82. The number of likely N-dealkylation sites (N-methyl/N-ethyl adjacent to an activating group) is 1. The molecular formula is C15H18F3N11. The van der Waals surface area contributed by atoms with Crippen LogP contribution in [0.2, 0.25) is 0 Å². The summed E-state index contributed by atoms with van der Waals surface area (Å²) in [4.78, 5) is 8.25. The normalized spacial score (nSPS) is 16.6. The van der Waals surface area contributed by atoms with Crippen LogP contribution < -0.4 is 10.4 Å². The van der Waals surface area contributed by atoms with E-state index in [1.54, 1.807) is 0 Å². The molecule has 11 nitrogen and oxygen atoms in total. The molecule has 1 saturated heterocycles. The van der Waals surface area contributed by atoms with Crippen molar-refractivity contribution in [3.63, 3.8) is 0 Å². The van der Waals surface area contributed by atoms with E-state index in [1.165, 1.54) is 0 Å². The molecule has 1 aromatic heterocycles. The molecule has 154 valence electrons. The Morgan fingerprint density at radius 2 is 1.69 bits per heavy atom. The van der Waals surface area contributed by atoms with Gasteiger partial charge in [0, 0.05) is 31.7 Å². The second-order valence-electron chi connectivity index (χ2n) is 6.54. The van der Waals surface area contributed by atoms with Crippen LogP contribution in [0.15, 0.2) is 27.6 Å². The quantitative estimate of drug-likeness (QED) is 0.560. The van der Waals surface area contributed by atoms with Gasteiger partial charge in [0.2, 0.25) is 6.17 Å². The Labute approximate surface area is 162 Å². The Balaban J connectivity index is 2.30. The van der Waals surface area contributed by atoms with E-state index in [-0.39, 0.29) is 22.3 Å². The zero-order valence-corrected chi connectivity index (χ0v) is 15.3. The van der Waals surface area contributed by atoms with Gasteiger partial charge < -0.3 is 9.80 Å². The molecule has 1 aliphatic heterocycles. The van der Waals surface area contributed by atoms with Gasteiger partial charge in [-0.15, -0.1) is 0 Å². The molecule has 4 N–H and O–H groups in total. The lowest BCUT2D eigenvalue weighted by Gasteiger charge is -2.33. The van der Waals surface area contributed by atoms with Crippen LogP contribution in [0.3, 0.4) is 0 Å². The summed E-state index contributed by atoms with van der Waals surface area (Å²) in [7, 11) is 1.95. The second-order valence-corrected chi connectivity index (χ2v) is 6.54. The summed E-state index contributed by atoms with van der Waals surface area (Å²) >= 11 is 0. The van der Waals surface area contributed by atoms with Crippen LogP contribution in [0, 0.1) is 22.0 Å². The third-order valence-electron chi connectivity index (χ3n) is 4.76. The van der Waals surface area contributed by atoms with Crippen molar-refractivity contribution in [1.82, 2.24) is 14.6 Å². The van der Waals surface area contributed by atoms with Crippen LogP contribution in [0.5, 0.6) is 0 Å². The standard InChI is InChI=1S/C15H18F3N11/c1-27-2-4-28(5-3-27)14-12(19)29(26-22)11-7-9(15(16,17)18)8(6-10(11)23-14)13(24-20)25-21/h6-7,13,19-22H,2-5H2,1H3. The minimum Gasteiger partial charge on any atom is -0.351 e. The van der Waals surface area contributed by atoms with Crippen LogP contribution in [-0.4, -0.2) is 47.8 Å². The molecule has 0 saturated carbocycles. The monoisotopic (exact) mass is 409 g/mol. The van der Waals surface area contributed by atoms with Gasteiger partial charge in [-0.25, -0.2) is 16.0 Å². The Morgan fingerprint density at radius 1 is 1.07 bits per heavy atom. The van der Waals surface area contributed by atoms with E-state index >= 15 is 0 Å². The van der Waals surface area contributed by atoms with Gasteiger partial charge in [-0.3, -0.25) is 5.41 Å². The van der Waals surface area contributed by atoms with Crippen LogP contribution >= 0.6 is 0 Å². The number of nitrogens with one attached hydrogen (secondary N) is 4. The maximum Gasteiger partial charge on any atom is 0.416 e. The molecule has 0 unspecified atom stereocenters. The van der Waals surface area contributed by atoms with Crippen molar-refractivity contribution in [1.29, 1.82) is 22.0 Å². The van der Waals surface area contributed by atoms with Crippen molar-refractivity contribution in [2.75, 3.05) is 38.1 Å². The average molecular weight is 409 g/mol. The first-order valence-corrected chi connectivity index (χ1v) is 8.48. The van der Waals surface area contributed by atoms with Gasteiger partial charge in [-0.05, 0) is 19.2 Å². The van der Waals surface area contributed by atoms with Gasteiger partial charge in [0.15, 0.2) is 11.3 Å². The lowest BCUT2D eigenvalue weighted by Crippen LogP contribution is -2.47. The maximum atomic E-state index is 13.6. The zero-order chi connectivity index (χ0) is 21.3. The smallest absolute Gasteiger partial charge is 0.351 e. The largest absolute Gasteiger partial charge is 0.416 e. The predicted molar refractivity (Wildman–Crippen MR) is 93.9 cm³/mol. The maximum absolute atomic E-state index is 13.6. The highest BCUT2D eigenvalue weighted by Crippen LogP contribution is 2.38. The van der Waals surface area contributed by atoms with Crippen molar-refractivity contribution in [3.05, 3.63) is 28.7 Å². The number of benzene rings is 1. The number of nitrogens with zero attached hydrogens (tertiary/aromatic N) is 7. The van der Waals surface area contributed by atoms with Gasteiger partial charge in [-0.2, -0.15) is 33.6 Å². The Morgan fingerprint density at radius 3 is 2.21 bits per heavy atom. The lowest BCUT2D eigenvalue weighted by molar-refractivity contribution is -0.138. The van der Waals surface area contributed by atoms with Crippen molar-refractivity contribution >= 4 is 16.9 Å². The third kappa shape index (κ3) is 3.70. The summed E-state index contributed by atoms with van der Waals surface area (Å²) in [6, 6.07) is 1.74. The summed E-state index contributed by atoms with van der Waals surface area (Å²) in [6.07, 6.45) is -6.49. The number of halogens is 3. The first-order chi connectivity index (χ1) is 13.7. The molecule has 0 radical (unpaired) electrons. The SMILES string of the molecule is CN1CCN(c2nc3cc(C(N=N)N=N)c(C(F)(F)F)cc3n(N=N)c2=N)CC1. The number of piperazine rings is 1. The molecule has 0 bridgehead atoms. The molecule has 14 heteroatoms. The second kappa shape index (κ2) is 7.62. The molecule has 1 aromatic carbocycles. The van der Waals surface area contributed by atoms with E-state index in [0.717, 1.165) is 10.7 Å². The van der Waals surface area contributed by atoms with E-state index in [9.17, 15) is 13.2 Å². The highest BCUT2D eigenvalue weighted by molar-refractivity contribution is 5.79. The highest BCUT2D eigenvalue weighted by atomic mass is 19.4. The molecule has 1 aliphatic rings. The summed E-state index contributed by atoms with van der Waals surface area (Å²) in [5, 5.41) is 17.5. The Hall–Kier alpha value is -3.29. The molecule has 2 aromatic rings. The number of hydrogen-bond acceptors (Lipinski definition) is 10. The molecule has 0 amide bonds. The van der Waals surface area contributed by atoms with Gasteiger partial charge in [0.1, 0.15) is 0 Å². The van der Waals surface area contributed by atoms with Gasteiger partial charge in [0.25, 0.3) is 0 Å². The Bertz CT molecular complexity index is 1010. The van der Waals surface area contributed by atoms with Crippen LogP contribution in [0.1, 0.15) is 17.3 Å². The number of fused-ring (bicyclic) bond motifs is 1. The van der Waals surface area contributed by atoms with E-state index in [0.29, 0.717) is 32.2 Å². The first kappa shape index (κ1) is 20.4. The highest BCUT2D eigenvalue weighted by Gasteiger charge is 2.37. The number of aromatic nitrogens is 2. The average Bonchev–Trinajstić information content (AvgIpc) is 2.68. The number of hydrogen-bond donors (Lipinski definition) is 4. The molecule has 0 spiro atoms. The lowest BCUT2D eigenvalue weighted by atomic mass is 10.0. The van der Waals surface area contributed by atoms with E-state index in [2.05, 4.69) is 25.3 Å². The fraction of sp³-hybridized carbons (Fsp3) is 0.467. The van der Waals surface area contributed by atoms with Gasteiger partial charge in [-0.1, -0.05) is 5.22 Å². The van der Waals surface area contributed by atoms with Crippen molar-refractivity contribution in [2.45, 2.75) is 12.3 Å². The fourth-order valence-corrected chi connectivity index (χ4v) is 3.20. The number of rotatable bonds is 5. The molecule has 1 fully saturated rings. The molecule has 29 heavy (non-hydrogen) atoms. The van der Waals surface area contributed by atoms with Crippen LogP contribution in [0.4, 0.5) is 19.0 Å². The van der Waals surface area contributed by atoms with Crippen LogP contribution in [0.25, 0.3) is 11.0 Å². The molecule has 2 heterocycles.